The Kier molecular flexibility index (Phi) is 7.27. The Hall–Kier alpha value is -3.00. The van der Waals surface area contributed by atoms with Gasteiger partial charge in [0.1, 0.15) is 6.10 Å². The van der Waals surface area contributed by atoms with Gasteiger partial charge in [-0.25, -0.2) is 4.68 Å². The highest BCUT2D eigenvalue weighted by molar-refractivity contribution is 5.93. The first-order chi connectivity index (χ1) is 17.1. The number of carbonyl (C=O) groups is 2. The molecule has 2 aromatic rings. The molecule has 0 saturated carbocycles. The van der Waals surface area contributed by atoms with Gasteiger partial charge in [-0.1, -0.05) is 46.7 Å². The van der Waals surface area contributed by atoms with Gasteiger partial charge in [-0.2, -0.15) is 0 Å². The van der Waals surface area contributed by atoms with E-state index in [4.69, 9.17) is 4.74 Å². The Morgan fingerprint density at radius 1 is 1.14 bits per heavy atom. The van der Waals surface area contributed by atoms with E-state index in [1.807, 2.05) is 0 Å². The molecule has 1 atom stereocenters. The predicted molar refractivity (Wildman–Crippen MR) is 132 cm³/mol. The van der Waals surface area contributed by atoms with Gasteiger partial charge < -0.3 is 15.0 Å². The van der Waals surface area contributed by atoms with E-state index < -0.39 is 0 Å². The van der Waals surface area contributed by atoms with Gasteiger partial charge in [0.15, 0.2) is 5.69 Å². The quantitative estimate of drug-likeness (QED) is 0.641. The molecule has 1 saturated heterocycles. The molecule has 3 heterocycles. The summed E-state index contributed by atoms with van der Waals surface area (Å²) in [6.45, 7) is 4.73. The van der Waals surface area contributed by atoms with Crippen LogP contribution in [0.3, 0.4) is 0 Å². The highest BCUT2D eigenvalue weighted by Crippen LogP contribution is 2.28. The standard InChI is InChI=1S/C27H35N5O3/c1-19-7-9-21(10-8-19)24-17-32-23(18-35-24)25(29-30-32)27(34)31-15-12-22(13-16-31)26(33)28-14-11-20-5-3-2-4-6-20/h5,7-10,22,24H,2-4,6,11-18H2,1H3,(H,28,33)/t24-/m1/s1. The van der Waals surface area contributed by atoms with Crippen LogP contribution in [0.1, 0.15) is 78.4 Å². The number of aryl methyl sites for hydroxylation is 1. The number of nitrogens with one attached hydrogen (secondary N) is 1. The van der Waals surface area contributed by atoms with Crippen LogP contribution in [0, 0.1) is 12.8 Å². The highest BCUT2D eigenvalue weighted by Gasteiger charge is 2.33. The summed E-state index contributed by atoms with van der Waals surface area (Å²) in [7, 11) is 0. The summed E-state index contributed by atoms with van der Waals surface area (Å²) in [5, 5.41) is 11.6. The second-order valence-corrected chi connectivity index (χ2v) is 9.99. The Bertz CT molecular complexity index is 1080. The topological polar surface area (TPSA) is 89.4 Å². The third-order valence-corrected chi connectivity index (χ3v) is 7.53. The minimum Gasteiger partial charge on any atom is -0.365 e. The van der Waals surface area contributed by atoms with Gasteiger partial charge in [0, 0.05) is 25.6 Å². The zero-order valence-electron chi connectivity index (χ0n) is 20.5. The molecule has 1 aromatic heterocycles. The molecule has 0 radical (unpaired) electrons. The summed E-state index contributed by atoms with van der Waals surface area (Å²) in [4.78, 5) is 27.6. The maximum Gasteiger partial charge on any atom is 0.276 e. The molecule has 35 heavy (non-hydrogen) atoms. The zero-order valence-corrected chi connectivity index (χ0v) is 20.5. The van der Waals surface area contributed by atoms with E-state index in [9.17, 15) is 9.59 Å². The number of allylic oxidation sites excluding steroid dienone is 1. The van der Waals surface area contributed by atoms with Crippen LogP contribution >= 0.6 is 0 Å². The summed E-state index contributed by atoms with van der Waals surface area (Å²) in [6, 6.07) is 8.29. The Balaban J connectivity index is 1.12. The lowest BCUT2D eigenvalue weighted by Crippen LogP contribution is -2.43. The second-order valence-electron chi connectivity index (χ2n) is 9.99. The van der Waals surface area contributed by atoms with E-state index >= 15 is 0 Å². The molecule has 186 valence electrons. The molecule has 0 spiro atoms. The van der Waals surface area contributed by atoms with E-state index in [2.05, 4.69) is 52.9 Å². The molecular weight excluding hydrogens is 442 g/mol. The van der Waals surface area contributed by atoms with Crippen molar-refractivity contribution in [1.29, 1.82) is 0 Å². The average Bonchev–Trinajstić information content (AvgIpc) is 3.33. The minimum atomic E-state index is -0.119. The molecular formula is C27H35N5O3. The van der Waals surface area contributed by atoms with Gasteiger partial charge in [-0.3, -0.25) is 9.59 Å². The summed E-state index contributed by atoms with van der Waals surface area (Å²) in [5.74, 6) is -0.0381. The summed E-state index contributed by atoms with van der Waals surface area (Å²) in [6.07, 6.45) is 9.42. The summed E-state index contributed by atoms with van der Waals surface area (Å²) in [5.41, 5.74) is 4.88. The molecule has 1 aromatic carbocycles. The Morgan fingerprint density at radius 2 is 1.94 bits per heavy atom. The SMILES string of the molecule is Cc1ccc([C@H]2Cn3nnc(C(=O)N4CCC(C(=O)NCCC5=CCCCC5)CC4)c3CO2)cc1. The molecule has 1 fully saturated rings. The third-order valence-electron chi connectivity index (χ3n) is 7.53. The van der Waals surface area contributed by atoms with Crippen LogP contribution < -0.4 is 5.32 Å². The first kappa shape index (κ1) is 23.7. The molecule has 8 nitrogen and oxygen atoms in total. The molecule has 0 unspecified atom stereocenters. The predicted octanol–water partition coefficient (Wildman–Crippen LogP) is 3.72. The highest BCUT2D eigenvalue weighted by atomic mass is 16.5. The first-order valence-electron chi connectivity index (χ1n) is 12.9. The van der Waals surface area contributed by atoms with Gasteiger partial charge in [0.2, 0.25) is 5.91 Å². The fraction of sp³-hybridized carbons (Fsp3) is 0.556. The lowest BCUT2D eigenvalue weighted by Gasteiger charge is -2.31. The molecule has 5 rings (SSSR count). The third kappa shape index (κ3) is 5.48. The number of benzene rings is 1. The van der Waals surface area contributed by atoms with Crippen LogP contribution in [0.4, 0.5) is 0 Å². The fourth-order valence-electron chi connectivity index (χ4n) is 5.28. The molecule has 1 N–H and O–H groups in total. The number of likely N-dealkylation sites (tertiary alicyclic amines) is 1. The number of amides is 2. The van der Waals surface area contributed by atoms with Gasteiger partial charge in [-0.15, -0.1) is 5.10 Å². The number of rotatable bonds is 6. The second kappa shape index (κ2) is 10.7. The van der Waals surface area contributed by atoms with Gasteiger partial charge in [-0.05, 0) is 57.4 Å². The van der Waals surface area contributed by atoms with Gasteiger partial charge in [0.05, 0.1) is 18.8 Å². The minimum absolute atomic E-state index is 0.0352. The molecule has 2 aliphatic heterocycles. The van der Waals surface area contributed by atoms with E-state index in [1.54, 1.807) is 9.58 Å². The van der Waals surface area contributed by atoms with Crippen LogP contribution in [-0.2, 0) is 22.7 Å². The number of carbonyl (C=O) groups excluding carboxylic acids is 2. The Morgan fingerprint density at radius 3 is 2.69 bits per heavy atom. The number of piperidine rings is 1. The lowest BCUT2D eigenvalue weighted by atomic mass is 9.95. The van der Waals surface area contributed by atoms with Crippen molar-refractivity contribution in [2.24, 2.45) is 5.92 Å². The normalized spacial score (nSPS) is 20.8. The van der Waals surface area contributed by atoms with Gasteiger partial charge >= 0.3 is 0 Å². The Labute approximate surface area is 206 Å². The molecule has 0 bridgehead atoms. The summed E-state index contributed by atoms with van der Waals surface area (Å²) < 4.78 is 7.86. The lowest BCUT2D eigenvalue weighted by molar-refractivity contribution is -0.126. The maximum absolute atomic E-state index is 13.2. The molecule has 8 heteroatoms. The number of fused-ring (bicyclic) bond motifs is 1. The van der Waals surface area contributed by atoms with Crippen molar-refractivity contribution in [1.82, 2.24) is 25.2 Å². The number of hydrogen-bond acceptors (Lipinski definition) is 5. The molecule has 2 amide bonds. The van der Waals surface area contributed by atoms with Crippen molar-refractivity contribution >= 4 is 11.8 Å². The van der Waals surface area contributed by atoms with Crippen molar-refractivity contribution in [2.75, 3.05) is 19.6 Å². The largest absolute Gasteiger partial charge is 0.365 e. The van der Waals surface area contributed by atoms with Crippen molar-refractivity contribution in [3.63, 3.8) is 0 Å². The first-order valence-corrected chi connectivity index (χ1v) is 12.9. The van der Waals surface area contributed by atoms with Crippen molar-refractivity contribution < 1.29 is 14.3 Å². The molecule has 3 aliphatic rings. The van der Waals surface area contributed by atoms with E-state index in [0.717, 1.165) is 17.7 Å². The van der Waals surface area contributed by atoms with Crippen molar-refractivity contribution in [3.8, 4) is 0 Å². The molecule has 1 aliphatic carbocycles. The van der Waals surface area contributed by atoms with Gasteiger partial charge in [0.25, 0.3) is 5.91 Å². The van der Waals surface area contributed by atoms with Crippen LogP contribution in [0.25, 0.3) is 0 Å². The van der Waals surface area contributed by atoms with Crippen LogP contribution in [-0.4, -0.2) is 51.3 Å². The van der Waals surface area contributed by atoms with E-state index in [1.165, 1.54) is 36.8 Å². The number of ether oxygens (including phenoxy) is 1. The monoisotopic (exact) mass is 477 g/mol. The number of aromatic nitrogens is 3. The van der Waals surface area contributed by atoms with Crippen molar-refractivity contribution in [3.05, 3.63) is 58.4 Å². The fourth-order valence-corrected chi connectivity index (χ4v) is 5.28. The number of hydrogen-bond donors (Lipinski definition) is 1. The smallest absolute Gasteiger partial charge is 0.276 e. The zero-order chi connectivity index (χ0) is 24.2. The number of nitrogens with zero attached hydrogens (tertiary/aromatic N) is 4. The van der Waals surface area contributed by atoms with Crippen LogP contribution in [0.5, 0.6) is 0 Å². The van der Waals surface area contributed by atoms with Crippen molar-refractivity contribution in [2.45, 2.75) is 71.1 Å². The van der Waals surface area contributed by atoms with Crippen LogP contribution in [0.15, 0.2) is 35.9 Å². The van der Waals surface area contributed by atoms with E-state index in [0.29, 0.717) is 51.3 Å². The average molecular weight is 478 g/mol. The van der Waals surface area contributed by atoms with E-state index in [-0.39, 0.29) is 23.8 Å². The summed E-state index contributed by atoms with van der Waals surface area (Å²) >= 11 is 0. The van der Waals surface area contributed by atoms with Crippen LogP contribution in [0.2, 0.25) is 0 Å². The maximum atomic E-state index is 13.2.